The molecule has 45 heavy (non-hydrogen) atoms. The Hall–Kier alpha value is -5.01. The van der Waals surface area contributed by atoms with E-state index >= 15 is 8.78 Å². The standard InChI is InChI=1S/C38H30F2N2O2S/c1-25-7-11-27(12-8-25)33-5-3-19-41-37(33)29-15-17-31(35(39)21-29)23-45(43,44)24-32-18-16-30(22-36(32)40)38-34(6-4-20-42-38)28-13-9-26(2)10-14-28/h3-22H,23-24H2,1-2H3. The lowest BCUT2D eigenvalue weighted by Gasteiger charge is -2.12. The summed E-state index contributed by atoms with van der Waals surface area (Å²) in [6.45, 7) is 4.01. The zero-order valence-corrected chi connectivity index (χ0v) is 25.7. The van der Waals surface area contributed by atoms with Crippen LogP contribution < -0.4 is 0 Å². The molecule has 0 unspecified atom stereocenters. The topological polar surface area (TPSA) is 59.9 Å². The first kappa shape index (κ1) is 30.0. The van der Waals surface area contributed by atoms with Crippen LogP contribution in [0.25, 0.3) is 44.8 Å². The minimum absolute atomic E-state index is 0.0137. The van der Waals surface area contributed by atoms with Crippen molar-refractivity contribution >= 4 is 9.84 Å². The van der Waals surface area contributed by atoms with Gasteiger partial charge in [-0.1, -0.05) is 96.1 Å². The molecule has 0 bridgehead atoms. The van der Waals surface area contributed by atoms with Crippen LogP contribution >= 0.6 is 0 Å². The molecular formula is C38H30F2N2O2S. The van der Waals surface area contributed by atoms with Gasteiger partial charge in [-0.05, 0) is 49.2 Å². The van der Waals surface area contributed by atoms with Crippen LogP contribution in [0, 0.1) is 25.5 Å². The van der Waals surface area contributed by atoms with Gasteiger partial charge in [-0.15, -0.1) is 0 Å². The number of rotatable bonds is 8. The van der Waals surface area contributed by atoms with E-state index in [0.29, 0.717) is 22.5 Å². The van der Waals surface area contributed by atoms with Crippen LogP contribution in [0.5, 0.6) is 0 Å². The molecule has 0 amide bonds. The summed E-state index contributed by atoms with van der Waals surface area (Å²) in [7, 11) is -3.91. The van der Waals surface area contributed by atoms with Crippen molar-refractivity contribution in [2.75, 3.05) is 0 Å². The van der Waals surface area contributed by atoms with Crippen molar-refractivity contribution in [1.29, 1.82) is 0 Å². The quantitative estimate of drug-likeness (QED) is 0.171. The number of halogens is 2. The van der Waals surface area contributed by atoms with Gasteiger partial charge in [0.2, 0.25) is 0 Å². The molecular weight excluding hydrogens is 586 g/mol. The van der Waals surface area contributed by atoms with Gasteiger partial charge in [-0.3, -0.25) is 9.97 Å². The second-order valence-electron chi connectivity index (χ2n) is 11.2. The molecule has 0 spiro atoms. The van der Waals surface area contributed by atoms with Gasteiger partial charge >= 0.3 is 0 Å². The largest absolute Gasteiger partial charge is 0.256 e. The Labute approximate surface area is 262 Å². The Bertz CT molecular complexity index is 1960. The first-order valence-electron chi connectivity index (χ1n) is 14.5. The minimum Gasteiger partial charge on any atom is -0.256 e. The van der Waals surface area contributed by atoms with Crippen molar-refractivity contribution in [3.05, 3.63) is 155 Å². The molecule has 224 valence electrons. The molecule has 0 saturated carbocycles. The Morgan fingerprint density at radius 1 is 0.533 bits per heavy atom. The van der Waals surface area contributed by atoms with Gasteiger partial charge in [0.1, 0.15) is 11.6 Å². The van der Waals surface area contributed by atoms with E-state index < -0.39 is 33.0 Å². The van der Waals surface area contributed by atoms with Crippen molar-refractivity contribution in [3.63, 3.8) is 0 Å². The van der Waals surface area contributed by atoms with E-state index in [1.54, 1.807) is 24.5 Å². The third kappa shape index (κ3) is 6.74. The zero-order chi connectivity index (χ0) is 31.6. The van der Waals surface area contributed by atoms with Crippen LogP contribution in [-0.4, -0.2) is 18.4 Å². The molecule has 0 aliphatic carbocycles. The number of aromatic nitrogens is 2. The zero-order valence-electron chi connectivity index (χ0n) is 24.8. The van der Waals surface area contributed by atoms with E-state index in [1.165, 1.54) is 24.3 Å². The predicted octanol–water partition coefficient (Wildman–Crippen LogP) is 9.15. The van der Waals surface area contributed by atoms with Crippen molar-refractivity contribution in [1.82, 2.24) is 9.97 Å². The Balaban J connectivity index is 1.22. The van der Waals surface area contributed by atoms with Crippen LogP contribution in [0.3, 0.4) is 0 Å². The number of hydrogen-bond acceptors (Lipinski definition) is 4. The molecule has 0 aliphatic rings. The van der Waals surface area contributed by atoms with Crippen molar-refractivity contribution < 1.29 is 17.2 Å². The average molecular weight is 617 g/mol. The number of aryl methyl sites for hydroxylation is 2. The van der Waals surface area contributed by atoms with Crippen LogP contribution in [0.1, 0.15) is 22.3 Å². The molecule has 0 atom stereocenters. The molecule has 0 aliphatic heterocycles. The third-order valence-corrected chi connectivity index (χ3v) is 9.25. The summed E-state index contributed by atoms with van der Waals surface area (Å²) in [6.07, 6.45) is 3.28. The van der Waals surface area contributed by atoms with Crippen molar-refractivity contribution in [2.45, 2.75) is 25.4 Å². The summed E-state index contributed by atoms with van der Waals surface area (Å²) < 4.78 is 57.0. The fourth-order valence-electron chi connectivity index (χ4n) is 5.35. The maximum atomic E-state index is 15.3. The number of nitrogens with zero attached hydrogens (tertiary/aromatic N) is 2. The maximum absolute atomic E-state index is 15.3. The van der Waals surface area contributed by atoms with Crippen LogP contribution in [-0.2, 0) is 21.3 Å². The summed E-state index contributed by atoms with van der Waals surface area (Å²) >= 11 is 0. The maximum Gasteiger partial charge on any atom is 0.158 e. The van der Waals surface area contributed by atoms with Gasteiger partial charge in [0.05, 0.1) is 22.9 Å². The van der Waals surface area contributed by atoms with Crippen molar-refractivity contribution in [3.8, 4) is 44.8 Å². The van der Waals surface area contributed by atoms with Gasteiger partial charge in [0.15, 0.2) is 9.84 Å². The number of pyridine rings is 2. The molecule has 6 rings (SSSR count). The molecule has 7 heteroatoms. The van der Waals surface area contributed by atoms with E-state index in [0.717, 1.165) is 33.4 Å². The predicted molar refractivity (Wildman–Crippen MR) is 176 cm³/mol. The first-order chi connectivity index (χ1) is 21.7. The Morgan fingerprint density at radius 3 is 1.29 bits per heavy atom. The molecule has 0 saturated heterocycles. The van der Waals surface area contributed by atoms with E-state index in [2.05, 4.69) is 9.97 Å². The Kier molecular flexibility index (Phi) is 8.37. The number of sulfone groups is 1. The summed E-state index contributed by atoms with van der Waals surface area (Å²) in [5, 5.41) is 0. The average Bonchev–Trinajstić information content (AvgIpc) is 3.04. The molecule has 4 aromatic carbocycles. The lowest BCUT2D eigenvalue weighted by atomic mass is 9.98. The highest BCUT2D eigenvalue weighted by atomic mass is 32.2. The highest BCUT2D eigenvalue weighted by Gasteiger charge is 2.20. The molecule has 2 aromatic heterocycles. The molecule has 0 fully saturated rings. The van der Waals surface area contributed by atoms with E-state index in [4.69, 9.17) is 0 Å². The highest BCUT2D eigenvalue weighted by molar-refractivity contribution is 7.89. The number of hydrogen-bond donors (Lipinski definition) is 0. The summed E-state index contributed by atoms with van der Waals surface area (Å²) in [5.41, 5.74) is 8.09. The molecule has 4 nitrogen and oxygen atoms in total. The SMILES string of the molecule is Cc1ccc(-c2cccnc2-c2ccc(CS(=O)(=O)Cc3ccc(-c4ncccc4-c4ccc(C)cc4)cc3F)c(F)c2)cc1. The minimum atomic E-state index is -3.91. The normalized spacial score (nSPS) is 11.5. The van der Waals surface area contributed by atoms with Crippen LogP contribution in [0.4, 0.5) is 8.78 Å². The fourth-order valence-corrected chi connectivity index (χ4v) is 6.87. The number of benzene rings is 4. The van der Waals surface area contributed by atoms with Crippen LogP contribution in [0.2, 0.25) is 0 Å². The highest BCUT2D eigenvalue weighted by Crippen LogP contribution is 2.33. The van der Waals surface area contributed by atoms with Gasteiger partial charge in [-0.25, -0.2) is 17.2 Å². The van der Waals surface area contributed by atoms with Gasteiger partial charge < -0.3 is 0 Å². The van der Waals surface area contributed by atoms with Crippen LogP contribution in [0.15, 0.2) is 122 Å². The second-order valence-corrected chi connectivity index (χ2v) is 13.2. The lowest BCUT2D eigenvalue weighted by molar-refractivity contribution is 0.581. The monoisotopic (exact) mass is 616 g/mol. The van der Waals surface area contributed by atoms with Gasteiger partial charge in [0.25, 0.3) is 0 Å². The molecule has 0 N–H and O–H groups in total. The molecule has 0 radical (unpaired) electrons. The van der Waals surface area contributed by atoms with Crippen molar-refractivity contribution in [2.24, 2.45) is 0 Å². The molecule has 2 heterocycles. The molecule has 6 aromatic rings. The smallest absolute Gasteiger partial charge is 0.158 e. The summed E-state index contributed by atoms with van der Waals surface area (Å²) in [5.74, 6) is -2.45. The summed E-state index contributed by atoms with van der Waals surface area (Å²) in [6, 6.07) is 32.3. The second kappa shape index (κ2) is 12.5. The van der Waals surface area contributed by atoms with E-state index in [9.17, 15) is 8.42 Å². The van der Waals surface area contributed by atoms with Gasteiger partial charge in [-0.2, -0.15) is 0 Å². The fraction of sp³-hybridized carbons (Fsp3) is 0.105. The first-order valence-corrected chi connectivity index (χ1v) is 16.3. The van der Waals surface area contributed by atoms with E-state index in [-0.39, 0.29) is 11.1 Å². The van der Waals surface area contributed by atoms with Gasteiger partial charge in [0, 0.05) is 45.8 Å². The Morgan fingerprint density at radius 2 is 0.911 bits per heavy atom. The lowest BCUT2D eigenvalue weighted by Crippen LogP contribution is -2.10. The van der Waals surface area contributed by atoms with E-state index in [1.807, 2.05) is 86.6 Å². The third-order valence-electron chi connectivity index (χ3n) is 7.74. The summed E-state index contributed by atoms with van der Waals surface area (Å²) in [4.78, 5) is 8.97.